The van der Waals surface area contributed by atoms with Crippen molar-refractivity contribution in [3.8, 4) is 0 Å². The Morgan fingerprint density at radius 3 is 2.86 bits per heavy atom. The van der Waals surface area contributed by atoms with E-state index in [0.717, 1.165) is 25.7 Å². The van der Waals surface area contributed by atoms with Gasteiger partial charge in [-0.15, -0.1) is 0 Å². The molecule has 1 unspecified atom stereocenters. The van der Waals surface area contributed by atoms with E-state index in [-0.39, 0.29) is 5.92 Å². The van der Waals surface area contributed by atoms with Crippen molar-refractivity contribution in [1.82, 2.24) is 0 Å². The predicted octanol–water partition coefficient (Wildman–Crippen LogP) is 4.62. The van der Waals surface area contributed by atoms with Crippen molar-refractivity contribution in [2.75, 3.05) is 0 Å². The molecular formula is C20H22O. The summed E-state index contributed by atoms with van der Waals surface area (Å²) in [6, 6.07) is 16.9. The molecule has 3 rings (SSSR count). The highest BCUT2D eigenvalue weighted by atomic mass is 16.1. The fourth-order valence-electron chi connectivity index (χ4n) is 3.40. The van der Waals surface area contributed by atoms with Gasteiger partial charge in [-0.3, -0.25) is 4.79 Å². The Bertz CT molecular complexity index is 642. The van der Waals surface area contributed by atoms with E-state index in [0.29, 0.717) is 12.2 Å². The highest BCUT2D eigenvalue weighted by Crippen LogP contribution is 2.33. The molecule has 0 amide bonds. The summed E-state index contributed by atoms with van der Waals surface area (Å²) in [6.07, 6.45) is 4.79. The van der Waals surface area contributed by atoms with Gasteiger partial charge in [-0.05, 0) is 49.3 Å². The van der Waals surface area contributed by atoms with Gasteiger partial charge in [0.25, 0.3) is 0 Å². The Morgan fingerprint density at radius 1 is 1.14 bits per heavy atom. The average molecular weight is 278 g/mol. The zero-order valence-corrected chi connectivity index (χ0v) is 12.6. The Hall–Kier alpha value is -1.89. The molecule has 0 spiro atoms. The quantitative estimate of drug-likeness (QED) is 0.797. The highest BCUT2D eigenvalue weighted by molar-refractivity contribution is 5.86. The van der Waals surface area contributed by atoms with Crippen LogP contribution in [0, 0.1) is 6.92 Å². The molecule has 2 aromatic rings. The molecule has 0 aliphatic heterocycles. The van der Waals surface area contributed by atoms with E-state index in [1.165, 1.54) is 22.3 Å². The normalized spacial score (nSPS) is 17.3. The zero-order chi connectivity index (χ0) is 14.7. The lowest BCUT2D eigenvalue weighted by Crippen LogP contribution is -2.19. The number of carbonyl (C=O) groups is 1. The Labute approximate surface area is 127 Å². The smallest absolute Gasteiger partial charge is 0.140 e. The topological polar surface area (TPSA) is 17.1 Å². The molecule has 0 N–H and O–H groups in total. The summed E-state index contributed by atoms with van der Waals surface area (Å²) < 4.78 is 0. The van der Waals surface area contributed by atoms with Gasteiger partial charge in [0.1, 0.15) is 5.78 Å². The summed E-state index contributed by atoms with van der Waals surface area (Å²) >= 11 is 0. The minimum atomic E-state index is 0.125. The van der Waals surface area contributed by atoms with Crippen molar-refractivity contribution in [3.63, 3.8) is 0 Å². The van der Waals surface area contributed by atoms with Crippen molar-refractivity contribution < 1.29 is 4.79 Å². The van der Waals surface area contributed by atoms with Crippen molar-refractivity contribution in [1.29, 1.82) is 0 Å². The zero-order valence-electron chi connectivity index (χ0n) is 12.6. The molecule has 108 valence electrons. The molecule has 0 radical (unpaired) electrons. The molecule has 0 aromatic heterocycles. The molecule has 1 aliphatic rings. The lowest BCUT2D eigenvalue weighted by atomic mass is 9.79. The first-order valence-electron chi connectivity index (χ1n) is 7.90. The molecule has 1 nitrogen and oxygen atoms in total. The molecule has 0 saturated heterocycles. The Morgan fingerprint density at radius 2 is 2.00 bits per heavy atom. The fourth-order valence-corrected chi connectivity index (χ4v) is 3.40. The van der Waals surface area contributed by atoms with Crippen molar-refractivity contribution in [3.05, 3.63) is 70.8 Å². The summed E-state index contributed by atoms with van der Waals surface area (Å²) in [5, 5.41) is 0. The molecule has 21 heavy (non-hydrogen) atoms. The van der Waals surface area contributed by atoms with Crippen LogP contribution >= 0.6 is 0 Å². The van der Waals surface area contributed by atoms with Gasteiger partial charge >= 0.3 is 0 Å². The van der Waals surface area contributed by atoms with Gasteiger partial charge in [0.15, 0.2) is 0 Å². The van der Waals surface area contributed by atoms with Crippen LogP contribution < -0.4 is 0 Å². The van der Waals surface area contributed by atoms with Gasteiger partial charge in [-0.1, -0.05) is 54.1 Å². The number of hydrogen-bond acceptors (Lipinski definition) is 1. The Kier molecular flexibility index (Phi) is 4.19. The van der Waals surface area contributed by atoms with Crippen LogP contribution in [0.5, 0.6) is 0 Å². The second kappa shape index (κ2) is 6.26. The molecule has 1 aliphatic carbocycles. The summed E-state index contributed by atoms with van der Waals surface area (Å²) in [5.74, 6) is 0.531. The molecule has 2 aromatic carbocycles. The number of ketones is 1. The highest BCUT2D eigenvalue weighted by Gasteiger charge is 2.25. The molecule has 1 heteroatoms. The van der Waals surface area contributed by atoms with Gasteiger partial charge in [0.2, 0.25) is 0 Å². The van der Waals surface area contributed by atoms with Crippen molar-refractivity contribution in [2.45, 2.75) is 44.9 Å². The van der Waals surface area contributed by atoms with Crippen LogP contribution in [0.4, 0.5) is 0 Å². The predicted molar refractivity (Wildman–Crippen MR) is 86.6 cm³/mol. The second-order valence-corrected chi connectivity index (χ2v) is 6.10. The summed E-state index contributed by atoms with van der Waals surface area (Å²) in [7, 11) is 0. The van der Waals surface area contributed by atoms with Gasteiger partial charge < -0.3 is 0 Å². The lowest BCUT2D eigenvalue weighted by molar-refractivity contribution is -0.120. The third-order valence-electron chi connectivity index (χ3n) is 4.50. The van der Waals surface area contributed by atoms with Crippen LogP contribution in [-0.4, -0.2) is 5.78 Å². The monoisotopic (exact) mass is 278 g/mol. The standard InChI is InChI=1S/C20H22O/c1-15-6-4-7-16(14-15)12-13-20(21)19-11-5-9-17-8-2-3-10-18(17)19/h2-4,6-8,10,14,19H,5,9,11-13H2,1H3. The van der Waals surface area contributed by atoms with Crippen LogP contribution in [0.25, 0.3) is 0 Å². The SMILES string of the molecule is Cc1cccc(CCC(=O)C2CCCc3ccccc32)c1. The molecule has 1 atom stereocenters. The molecular weight excluding hydrogens is 256 g/mol. The Balaban J connectivity index is 1.69. The first kappa shape index (κ1) is 14.1. The van der Waals surface area contributed by atoms with Crippen LogP contribution in [0.15, 0.2) is 48.5 Å². The first-order chi connectivity index (χ1) is 10.2. The number of fused-ring (bicyclic) bond motifs is 1. The van der Waals surface area contributed by atoms with Crippen LogP contribution in [0.1, 0.15) is 47.4 Å². The van der Waals surface area contributed by atoms with Gasteiger partial charge in [-0.25, -0.2) is 0 Å². The van der Waals surface area contributed by atoms with Crippen LogP contribution in [-0.2, 0) is 17.6 Å². The number of Topliss-reactive ketones (excluding diaryl/α,β-unsaturated/α-hetero) is 1. The number of aryl methyl sites for hydroxylation is 3. The maximum absolute atomic E-state index is 12.6. The van der Waals surface area contributed by atoms with E-state index in [1.807, 2.05) is 0 Å². The number of carbonyl (C=O) groups excluding carboxylic acids is 1. The molecule has 0 fully saturated rings. The van der Waals surface area contributed by atoms with E-state index in [9.17, 15) is 4.79 Å². The number of benzene rings is 2. The van der Waals surface area contributed by atoms with E-state index in [4.69, 9.17) is 0 Å². The third kappa shape index (κ3) is 3.24. The first-order valence-corrected chi connectivity index (χ1v) is 7.90. The average Bonchev–Trinajstić information content (AvgIpc) is 2.52. The summed E-state index contributed by atoms with van der Waals surface area (Å²) in [6.45, 7) is 2.10. The second-order valence-electron chi connectivity index (χ2n) is 6.10. The van der Waals surface area contributed by atoms with E-state index >= 15 is 0 Å². The minimum Gasteiger partial charge on any atom is -0.299 e. The maximum atomic E-state index is 12.6. The summed E-state index contributed by atoms with van der Waals surface area (Å²) in [4.78, 5) is 12.6. The fraction of sp³-hybridized carbons (Fsp3) is 0.350. The van der Waals surface area contributed by atoms with Gasteiger partial charge in [0.05, 0.1) is 0 Å². The van der Waals surface area contributed by atoms with Crippen molar-refractivity contribution in [2.24, 2.45) is 0 Å². The summed E-state index contributed by atoms with van der Waals surface area (Å²) in [5.41, 5.74) is 5.19. The molecule has 0 bridgehead atoms. The van der Waals surface area contributed by atoms with Gasteiger partial charge in [-0.2, -0.15) is 0 Å². The maximum Gasteiger partial charge on any atom is 0.140 e. The lowest BCUT2D eigenvalue weighted by Gasteiger charge is -2.24. The van der Waals surface area contributed by atoms with E-state index < -0.39 is 0 Å². The van der Waals surface area contributed by atoms with Gasteiger partial charge in [0, 0.05) is 12.3 Å². The minimum absolute atomic E-state index is 0.125. The molecule has 0 heterocycles. The van der Waals surface area contributed by atoms with Crippen molar-refractivity contribution >= 4 is 5.78 Å². The van der Waals surface area contributed by atoms with Crippen LogP contribution in [0.2, 0.25) is 0 Å². The molecule has 0 saturated carbocycles. The van der Waals surface area contributed by atoms with E-state index in [2.05, 4.69) is 55.5 Å². The number of hydrogen-bond donors (Lipinski definition) is 0. The largest absolute Gasteiger partial charge is 0.299 e. The number of rotatable bonds is 4. The van der Waals surface area contributed by atoms with Crippen LogP contribution in [0.3, 0.4) is 0 Å². The third-order valence-corrected chi connectivity index (χ3v) is 4.50. The van der Waals surface area contributed by atoms with E-state index in [1.54, 1.807) is 0 Å².